The minimum Gasteiger partial charge on any atom is -0.462 e. The lowest BCUT2D eigenvalue weighted by atomic mass is 10.0. The second-order valence-corrected chi connectivity index (χ2v) is 20.4. The monoisotopic (exact) mass is 887 g/mol. The van der Waals surface area contributed by atoms with Crippen molar-refractivity contribution in [2.45, 2.75) is 258 Å². The molecule has 61 heavy (non-hydrogen) atoms. The Kier molecular flexibility index (Phi) is 43.1. The number of quaternary nitrogens is 1. The summed E-state index contributed by atoms with van der Waals surface area (Å²) >= 11 is 0. The van der Waals surface area contributed by atoms with Crippen LogP contribution >= 0.6 is 7.82 Å². The Balaban J connectivity index is 4.22. The van der Waals surface area contributed by atoms with E-state index in [0.717, 1.165) is 32.1 Å². The molecule has 0 aliphatic carbocycles. The minimum atomic E-state index is -4.37. The first-order valence-electron chi connectivity index (χ1n) is 25.9. The Bertz CT molecular complexity index is 1050. The normalized spacial score (nSPS) is 13.5. The quantitative estimate of drug-likeness (QED) is 0.0212. The highest BCUT2D eigenvalue weighted by Gasteiger charge is 2.27. The Morgan fingerprint density at radius 2 is 0.836 bits per heavy atom. The highest BCUT2D eigenvalue weighted by molar-refractivity contribution is 7.47. The number of esters is 2. The average Bonchev–Trinajstić information content (AvgIpc) is 3.21. The van der Waals surface area contributed by atoms with Gasteiger partial charge in [-0.1, -0.05) is 212 Å². The smallest absolute Gasteiger partial charge is 0.462 e. The SMILES string of the molecule is CCCCCCCC/C=C/CCCCCCCCCCCC(=O)O[C@H](COC(=O)CCCCCCCCCCCCCCCCCCCC)COP(=O)(O)OCC[N+](C)(C)C. The van der Waals surface area contributed by atoms with Crippen molar-refractivity contribution in [1.29, 1.82) is 0 Å². The Hall–Kier alpha value is -1.25. The molecule has 0 radical (unpaired) electrons. The van der Waals surface area contributed by atoms with E-state index in [1.165, 1.54) is 186 Å². The molecule has 1 unspecified atom stereocenters. The van der Waals surface area contributed by atoms with Gasteiger partial charge in [-0.3, -0.25) is 18.6 Å². The molecule has 0 aliphatic rings. The summed E-state index contributed by atoms with van der Waals surface area (Å²) in [4.78, 5) is 35.5. The minimum absolute atomic E-state index is 0.0348. The van der Waals surface area contributed by atoms with Crippen LogP contribution in [0.15, 0.2) is 12.2 Å². The van der Waals surface area contributed by atoms with E-state index in [1.807, 2.05) is 21.1 Å². The first kappa shape index (κ1) is 59.8. The largest absolute Gasteiger partial charge is 0.472 e. The standard InChI is InChI=1S/C51H100NO8P/c1-6-8-10-12-14-16-18-20-22-24-26-28-30-32-34-36-38-40-42-44-51(54)60-49(48-59-61(55,56)58-46-45-52(3,4)5)47-57-50(53)43-41-39-37-35-33-31-29-27-25-23-21-19-17-15-13-11-9-7-2/h20,22,49H,6-19,21,23-48H2,1-5H3/p+1/b22-20+/t49-/m1/s1. The van der Waals surface area contributed by atoms with Gasteiger partial charge in [-0.15, -0.1) is 0 Å². The highest BCUT2D eigenvalue weighted by atomic mass is 31.2. The summed E-state index contributed by atoms with van der Waals surface area (Å²) in [6, 6.07) is 0. The first-order chi connectivity index (χ1) is 29.5. The maximum absolute atomic E-state index is 12.8. The van der Waals surface area contributed by atoms with Crippen molar-refractivity contribution in [3.63, 3.8) is 0 Å². The third-order valence-electron chi connectivity index (χ3n) is 11.5. The molecule has 0 fully saturated rings. The number of allylic oxidation sites excluding steroid dienone is 2. The van der Waals surface area contributed by atoms with Crippen LogP contribution in [0.2, 0.25) is 0 Å². The average molecular weight is 887 g/mol. The van der Waals surface area contributed by atoms with E-state index in [0.29, 0.717) is 23.9 Å². The summed E-state index contributed by atoms with van der Waals surface area (Å²) in [7, 11) is 1.49. The third-order valence-corrected chi connectivity index (χ3v) is 12.5. The van der Waals surface area contributed by atoms with E-state index in [2.05, 4.69) is 26.0 Å². The fourth-order valence-electron chi connectivity index (χ4n) is 7.48. The highest BCUT2D eigenvalue weighted by Crippen LogP contribution is 2.43. The van der Waals surface area contributed by atoms with Gasteiger partial charge < -0.3 is 18.9 Å². The lowest BCUT2D eigenvalue weighted by Gasteiger charge is -2.24. The number of carbonyl (C=O) groups is 2. The number of phosphoric ester groups is 1. The van der Waals surface area contributed by atoms with Crippen LogP contribution in [0.25, 0.3) is 0 Å². The Labute approximate surface area is 377 Å². The van der Waals surface area contributed by atoms with Gasteiger partial charge in [0.2, 0.25) is 0 Å². The molecule has 1 N–H and O–H groups in total. The van der Waals surface area contributed by atoms with Crippen molar-refractivity contribution in [1.82, 2.24) is 0 Å². The molecule has 0 rings (SSSR count). The molecule has 10 heteroatoms. The van der Waals surface area contributed by atoms with Crippen LogP contribution in [0.3, 0.4) is 0 Å². The molecule has 0 bridgehead atoms. The zero-order valence-corrected chi connectivity index (χ0v) is 41.8. The van der Waals surface area contributed by atoms with E-state index < -0.39 is 26.5 Å². The Morgan fingerprint density at radius 1 is 0.492 bits per heavy atom. The van der Waals surface area contributed by atoms with Crippen molar-refractivity contribution < 1.29 is 42.1 Å². The van der Waals surface area contributed by atoms with Crippen LogP contribution in [-0.4, -0.2) is 74.9 Å². The molecule has 0 amide bonds. The lowest BCUT2D eigenvalue weighted by molar-refractivity contribution is -0.870. The van der Waals surface area contributed by atoms with Gasteiger partial charge in [-0.2, -0.15) is 0 Å². The number of rotatable bonds is 48. The van der Waals surface area contributed by atoms with Gasteiger partial charge in [-0.25, -0.2) is 4.57 Å². The second-order valence-electron chi connectivity index (χ2n) is 18.9. The molecular weight excluding hydrogens is 786 g/mol. The topological polar surface area (TPSA) is 108 Å². The number of hydrogen-bond acceptors (Lipinski definition) is 7. The molecule has 9 nitrogen and oxygen atoms in total. The number of hydrogen-bond donors (Lipinski definition) is 1. The van der Waals surface area contributed by atoms with Crippen molar-refractivity contribution in [2.75, 3.05) is 47.5 Å². The summed E-state index contributed by atoms with van der Waals surface area (Å²) < 4.78 is 34.5. The predicted molar refractivity (Wildman–Crippen MR) is 257 cm³/mol. The molecule has 0 heterocycles. The van der Waals surface area contributed by atoms with Crippen LogP contribution < -0.4 is 0 Å². The molecule has 0 aromatic heterocycles. The van der Waals surface area contributed by atoms with Gasteiger partial charge in [0.05, 0.1) is 27.7 Å². The summed E-state index contributed by atoms with van der Waals surface area (Å²) in [5.74, 6) is -0.785. The van der Waals surface area contributed by atoms with Crippen LogP contribution in [0, 0.1) is 0 Å². The van der Waals surface area contributed by atoms with E-state index in [-0.39, 0.29) is 25.6 Å². The lowest BCUT2D eigenvalue weighted by Crippen LogP contribution is -2.37. The zero-order valence-electron chi connectivity index (χ0n) is 40.9. The van der Waals surface area contributed by atoms with Crippen molar-refractivity contribution in [2.24, 2.45) is 0 Å². The van der Waals surface area contributed by atoms with Crippen molar-refractivity contribution in [3.8, 4) is 0 Å². The van der Waals surface area contributed by atoms with Crippen molar-refractivity contribution >= 4 is 19.8 Å². The van der Waals surface area contributed by atoms with Gasteiger partial charge in [0.15, 0.2) is 6.10 Å². The third kappa shape index (κ3) is 48.1. The number of carbonyl (C=O) groups excluding carboxylic acids is 2. The fraction of sp³-hybridized carbons (Fsp3) is 0.922. The number of unbranched alkanes of at least 4 members (excludes halogenated alkanes) is 32. The van der Waals surface area contributed by atoms with Gasteiger partial charge in [0, 0.05) is 12.8 Å². The molecule has 0 aromatic carbocycles. The van der Waals surface area contributed by atoms with Gasteiger partial charge in [0.25, 0.3) is 0 Å². The van der Waals surface area contributed by atoms with Gasteiger partial charge in [-0.05, 0) is 38.5 Å². The van der Waals surface area contributed by atoms with Crippen LogP contribution in [0.5, 0.6) is 0 Å². The number of nitrogens with zero attached hydrogens (tertiary/aromatic N) is 1. The van der Waals surface area contributed by atoms with Gasteiger partial charge >= 0.3 is 19.8 Å². The summed E-state index contributed by atoms with van der Waals surface area (Å²) in [6.07, 6.45) is 48.3. The Morgan fingerprint density at radius 3 is 1.21 bits per heavy atom. The molecule has 0 spiro atoms. The maximum atomic E-state index is 12.8. The predicted octanol–water partition coefficient (Wildman–Crippen LogP) is 15.3. The van der Waals surface area contributed by atoms with E-state index in [1.54, 1.807) is 0 Å². The molecule has 0 saturated heterocycles. The van der Waals surface area contributed by atoms with Crippen molar-refractivity contribution in [3.05, 3.63) is 12.2 Å². The number of ether oxygens (including phenoxy) is 2. The zero-order chi connectivity index (χ0) is 45.0. The van der Waals surface area contributed by atoms with Crippen LogP contribution in [0.1, 0.15) is 251 Å². The first-order valence-corrected chi connectivity index (χ1v) is 27.4. The molecule has 0 saturated carbocycles. The summed E-state index contributed by atoms with van der Waals surface area (Å²) in [5, 5.41) is 0. The summed E-state index contributed by atoms with van der Waals surface area (Å²) in [5.41, 5.74) is 0. The van der Waals surface area contributed by atoms with Crippen LogP contribution in [0.4, 0.5) is 0 Å². The van der Waals surface area contributed by atoms with Gasteiger partial charge in [0.1, 0.15) is 19.8 Å². The molecular formula is C51H101NO8P+. The van der Waals surface area contributed by atoms with E-state index in [4.69, 9.17) is 18.5 Å². The fourth-order valence-corrected chi connectivity index (χ4v) is 8.22. The molecule has 0 aromatic rings. The van der Waals surface area contributed by atoms with Crippen LogP contribution in [-0.2, 0) is 32.7 Å². The number of phosphoric acid groups is 1. The second kappa shape index (κ2) is 44.0. The molecule has 2 atom stereocenters. The molecule has 362 valence electrons. The van der Waals surface area contributed by atoms with E-state index in [9.17, 15) is 19.0 Å². The van der Waals surface area contributed by atoms with E-state index >= 15 is 0 Å². The maximum Gasteiger partial charge on any atom is 0.472 e. The number of likely N-dealkylation sites (N-methyl/N-ethyl adjacent to an activating group) is 1. The summed E-state index contributed by atoms with van der Waals surface area (Å²) in [6.45, 7) is 4.47. The molecule has 0 aliphatic heterocycles.